The molecule has 3 rings (SSSR count). The molecule has 2 heteroatoms. The predicted octanol–water partition coefficient (Wildman–Crippen LogP) is 4.26. The summed E-state index contributed by atoms with van der Waals surface area (Å²) in [5.74, 6) is 0.568. The van der Waals surface area contributed by atoms with Crippen LogP contribution >= 0.6 is 0 Å². The normalized spacial score (nSPS) is 20.0. The highest BCUT2D eigenvalue weighted by molar-refractivity contribution is 5.71. The second-order valence-corrected chi connectivity index (χ2v) is 5.53. The van der Waals surface area contributed by atoms with Crippen LogP contribution < -0.4 is 0 Å². The van der Waals surface area contributed by atoms with E-state index in [0.29, 0.717) is 18.9 Å². The summed E-state index contributed by atoms with van der Waals surface area (Å²) in [4.78, 5) is 11.8. The first-order chi connectivity index (χ1) is 10.3. The molecule has 0 spiro atoms. The Morgan fingerprint density at radius 1 is 1.05 bits per heavy atom. The molecule has 108 valence electrons. The average molecular weight is 280 g/mol. The lowest BCUT2D eigenvalue weighted by Crippen LogP contribution is -2.08. The maximum absolute atomic E-state index is 11.8. The van der Waals surface area contributed by atoms with Crippen molar-refractivity contribution >= 4 is 5.97 Å². The third-order valence-electron chi connectivity index (χ3n) is 4.25. The molecule has 1 aliphatic carbocycles. The van der Waals surface area contributed by atoms with Crippen molar-refractivity contribution in [2.75, 3.05) is 6.61 Å². The van der Waals surface area contributed by atoms with Gasteiger partial charge >= 0.3 is 5.97 Å². The summed E-state index contributed by atoms with van der Waals surface area (Å²) in [6.45, 7) is 2.31. The Bertz CT molecular complexity index is 618. The lowest BCUT2D eigenvalue weighted by molar-refractivity contribution is -0.143. The minimum atomic E-state index is -0.0917. The fourth-order valence-corrected chi connectivity index (χ4v) is 3.35. The van der Waals surface area contributed by atoms with Gasteiger partial charge in [0.15, 0.2) is 0 Å². The van der Waals surface area contributed by atoms with Crippen molar-refractivity contribution in [2.45, 2.75) is 31.6 Å². The SMILES string of the molecule is CCOC(=O)C[C@H]1C[C@H](c2ccccc2)c2ccccc21. The minimum Gasteiger partial charge on any atom is -0.466 e. The van der Waals surface area contributed by atoms with Crippen molar-refractivity contribution in [3.63, 3.8) is 0 Å². The lowest BCUT2D eigenvalue weighted by Gasteiger charge is -2.12. The van der Waals surface area contributed by atoms with E-state index in [2.05, 4.69) is 48.5 Å². The van der Waals surface area contributed by atoms with E-state index in [9.17, 15) is 4.79 Å². The van der Waals surface area contributed by atoms with E-state index in [0.717, 1.165) is 6.42 Å². The first-order valence-corrected chi connectivity index (χ1v) is 7.59. The highest BCUT2D eigenvalue weighted by atomic mass is 16.5. The third kappa shape index (κ3) is 2.85. The smallest absolute Gasteiger partial charge is 0.306 e. The van der Waals surface area contributed by atoms with Crippen LogP contribution in [0.2, 0.25) is 0 Å². The molecule has 0 amide bonds. The van der Waals surface area contributed by atoms with E-state index >= 15 is 0 Å². The van der Waals surface area contributed by atoms with Crippen molar-refractivity contribution in [3.8, 4) is 0 Å². The van der Waals surface area contributed by atoms with Gasteiger partial charge in [-0.2, -0.15) is 0 Å². The second kappa shape index (κ2) is 6.13. The van der Waals surface area contributed by atoms with Gasteiger partial charge in [-0.15, -0.1) is 0 Å². The lowest BCUT2D eigenvalue weighted by atomic mass is 9.92. The fraction of sp³-hybridized carbons (Fsp3) is 0.316. The fourth-order valence-electron chi connectivity index (χ4n) is 3.35. The van der Waals surface area contributed by atoms with Gasteiger partial charge in [0.1, 0.15) is 0 Å². The van der Waals surface area contributed by atoms with E-state index in [-0.39, 0.29) is 11.9 Å². The molecular formula is C19H20O2. The second-order valence-electron chi connectivity index (χ2n) is 5.53. The largest absolute Gasteiger partial charge is 0.466 e. The molecule has 2 aromatic carbocycles. The summed E-state index contributed by atoms with van der Waals surface area (Å²) >= 11 is 0. The molecule has 0 radical (unpaired) electrons. The number of fused-ring (bicyclic) bond motifs is 1. The van der Waals surface area contributed by atoms with Crippen LogP contribution in [0.1, 0.15) is 48.3 Å². The van der Waals surface area contributed by atoms with Crippen LogP contribution in [0, 0.1) is 0 Å². The zero-order valence-corrected chi connectivity index (χ0v) is 12.3. The van der Waals surface area contributed by atoms with Crippen molar-refractivity contribution < 1.29 is 9.53 Å². The van der Waals surface area contributed by atoms with Crippen molar-refractivity contribution in [3.05, 3.63) is 71.3 Å². The molecule has 21 heavy (non-hydrogen) atoms. The maximum Gasteiger partial charge on any atom is 0.306 e. The van der Waals surface area contributed by atoms with Gasteiger partial charge in [0.2, 0.25) is 0 Å². The van der Waals surface area contributed by atoms with Crippen LogP contribution in [0.4, 0.5) is 0 Å². The van der Waals surface area contributed by atoms with Crippen LogP contribution in [0.25, 0.3) is 0 Å². The Morgan fingerprint density at radius 3 is 2.43 bits per heavy atom. The van der Waals surface area contributed by atoms with Crippen molar-refractivity contribution in [1.82, 2.24) is 0 Å². The summed E-state index contributed by atoms with van der Waals surface area (Å²) in [7, 11) is 0. The Morgan fingerprint density at radius 2 is 1.71 bits per heavy atom. The van der Waals surface area contributed by atoms with E-state index in [1.165, 1.54) is 16.7 Å². The van der Waals surface area contributed by atoms with E-state index in [4.69, 9.17) is 4.74 Å². The Balaban J connectivity index is 1.88. The van der Waals surface area contributed by atoms with Gasteiger partial charge in [0.05, 0.1) is 13.0 Å². The van der Waals surface area contributed by atoms with Gasteiger partial charge in [-0.3, -0.25) is 4.79 Å². The van der Waals surface area contributed by atoms with Crippen LogP contribution in [0.5, 0.6) is 0 Å². The van der Waals surface area contributed by atoms with Crippen LogP contribution in [-0.2, 0) is 9.53 Å². The number of ether oxygens (including phenoxy) is 1. The predicted molar refractivity (Wildman–Crippen MR) is 83.3 cm³/mol. The zero-order valence-electron chi connectivity index (χ0n) is 12.3. The monoisotopic (exact) mass is 280 g/mol. The van der Waals surface area contributed by atoms with E-state index in [1.54, 1.807) is 0 Å². The molecule has 2 nitrogen and oxygen atoms in total. The average Bonchev–Trinajstić information content (AvgIpc) is 2.87. The summed E-state index contributed by atoms with van der Waals surface area (Å²) in [6.07, 6.45) is 1.47. The number of hydrogen-bond donors (Lipinski definition) is 0. The van der Waals surface area contributed by atoms with Crippen LogP contribution in [0.15, 0.2) is 54.6 Å². The van der Waals surface area contributed by atoms with Gasteiger partial charge in [0.25, 0.3) is 0 Å². The third-order valence-corrected chi connectivity index (χ3v) is 4.25. The number of esters is 1. The van der Waals surface area contributed by atoms with Crippen molar-refractivity contribution in [2.24, 2.45) is 0 Å². The van der Waals surface area contributed by atoms with Gasteiger partial charge in [0, 0.05) is 5.92 Å². The van der Waals surface area contributed by atoms with Gasteiger partial charge in [-0.1, -0.05) is 54.6 Å². The maximum atomic E-state index is 11.8. The van der Waals surface area contributed by atoms with Gasteiger partial charge < -0.3 is 4.74 Å². The molecule has 0 N–H and O–H groups in total. The van der Waals surface area contributed by atoms with Crippen molar-refractivity contribution in [1.29, 1.82) is 0 Å². The van der Waals surface area contributed by atoms with E-state index in [1.807, 2.05) is 13.0 Å². The Labute approximate surface area is 125 Å². The summed E-state index contributed by atoms with van der Waals surface area (Å²) in [5, 5.41) is 0. The molecular weight excluding hydrogens is 260 g/mol. The summed E-state index contributed by atoms with van der Waals surface area (Å²) in [5.41, 5.74) is 3.99. The highest BCUT2D eigenvalue weighted by Gasteiger charge is 2.32. The molecule has 0 fully saturated rings. The Hall–Kier alpha value is -2.09. The summed E-state index contributed by atoms with van der Waals surface area (Å²) < 4.78 is 5.12. The molecule has 0 saturated carbocycles. The first kappa shape index (κ1) is 13.9. The first-order valence-electron chi connectivity index (χ1n) is 7.59. The van der Waals surface area contributed by atoms with Crippen LogP contribution in [-0.4, -0.2) is 12.6 Å². The standard InChI is InChI=1S/C19H20O2/c1-2-21-19(20)13-15-12-18(14-8-4-3-5-9-14)17-11-7-6-10-16(15)17/h3-11,15,18H,2,12-13H2,1H3/t15-,18-/m1/s1. The molecule has 2 atom stereocenters. The quantitative estimate of drug-likeness (QED) is 0.782. The molecule has 0 heterocycles. The highest BCUT2D eigenvalue weighted by Crippen LogP contribution is 2.46. The molecule has 0 aliphatic heterocycles. The number of carbonyl (C=O) groups excluding carboxylic acids is 1. The number of benzene rings is 2. The molecule has 0 saturated heterocycles. The molecule has 0 unspecified atom stereocenters. The Kier molecular flexibility index (Phi) is 4.05. The van der Waals surface area contributed by atoms with E-state index < -0.39 is 0 Å². The van der Waals surface area contributed by atoms with Gasteiger partial charge in [-0.25, -0.2) is 0 Å². The zero-order chi connectivity index (χ0) is 14.7. The molecule has 1 aliphatic rings. The molecule has 2 aromatic rings. The number of carbonyl (C=O) groups is 1. The van der Waals surface area contributed by atoms with Crippen LogP contribution in [0.3, 0.4) is 0 Å². The number of rotatable bonds is 4. The number of hydrogen-bond acceptors (Lipinski definition) is 2. The summed E-state index contributed by atoms with van der Waals surface area (Å²) in [6, 6.07) is 19.0. The molecule has 0 aromatic heterocycles. The minimum absolute atomic E-state index is 0.0917. The topological polar surface area (TPSA) is 26.3 Å². The molecule has 0 bridgehead atoms. The van der Waals surface area contributed by atoms with Gasteiger partial charge in [-0.05, 0) is 36.0 Å².